The lowest BCUT2D eigenvalue weighted by molar-refractivity contribution is 0.0694. The number of carboxylic acid groups (broad SMARTS) is 1. The van der Waals surface area contributed by atoms with E-state index in [0.29, 0.717) is 5.75 Å². The van der Waals surface area contributed by atoms with Gasteiger partial charge in [-0.3, -0.25) is 0 Å². The molecule has 0 saturated carbocycles. The molecule has 0 aromatic heterocycles. The van der Waals surface area contributed by atoms with Crippen LogP contribution in [0.25, 0.3) is 0 Å². The van der Waals surface area contributed by atoms with Gasteiger partial charge in [-0.15, -0.1) is 0 Å². The molecular formula is C15H10FNO4. The van der Waals surface area contributed by atoms with Crippen molar-refractivity contribution < 1.29 is 23.8 Å². The summed E-state index contributed by atoms with van der Waals surface area (Å²) in [6.45, 7) is 0. The van der Waals surface area contributed by atoms with Gasteiger partial charge in [0.2, 0.25) is 0 Å². The molecule has 2 aromatic rings. The molecule has 0 atom stereocenters. The molecule has 106 valence electrons. The lowest BCUT2D eigenvalue weighted by Gasteiger charge is -2.11. The molecule has 0 amide bonds. The second-order valence-electron chi connectivity index (χ2n) is 4.02. The molecular weight excluding hydrogens is 277 g/mol. The van der Waals surface area contributed by atoms with Crippen molar-refractivity contribution in [2.75, 3.05) is 7.11 Å². The largest absolute Gasteiger partial charge is 0.497 e. The first-order valence-corrected chi connectivity index (χ1v) is 5.84. The summed E-state index contributed by atoms with van der Waals surface area (Å²) < 4.78 is 23.5. The molecule has 1 N–H and O–H groups in total. The van der Waals surface area contributed by atoms with E-state index in [1.807, 2.05) is 0 Å². The highest BCUT2D eigenvalue weighted by Gasteiger charge is 2.15. The second kappa shape index (κ2) is 5.92. The minimum Gasteiger partial charge on any atom is -0.497 e. The van der Waals surface area contributed by atoms with Crippen molar-refractivity contribution in [1.82, 2.24) is 0 Å². The Morgan fingerprint density at radius 2 is 2.00 bits per heavy atom. The van der Waals surface area contributed by atoms with E-state index < -0.39 is 11.8 Å². The fraction of sp³-hybridized carbons (Fsp3) is 0.0667. The van der Waals surface area contributed by atoms with Crippen molar-refractivity contribution in [1.29, 1.82) is 5.26 Å². The molecule has 0 bridgehead atoms. The first-order valence-electron chi connectivity index (χ1n) is 5.84. The third-order valence-electron chi connectivity index (χ3n) is 2.70. The summed E-state index contributed by atoms with van der Waals surface area (Å²) in [5.41, 5.74) is -0.127. The SMILES string of the molecule is COc1ccc(C(=O)O)c(Oc2ccc(F)cc2C#N)c1. The molecule has 5 nitrogen and oxygen atoms in total. The first-order chi connectivity index (χ1) is 10.0. The van der Waals surface area contributed by atoms with E-state index in [-0.39, 0.29) is 22.6 Å². The van der Waals surface area contributed by atoms with Crippen LogP contribution >= 0.6 is 0 Å². The fourth-order valence-corrected chi connectivity index (χ4v) is 1.69. The average Bonchev–Trinajstić information content (AvgIpc) is 2.48. The van der Waals surface area contributed by atoms with Crippen LogP contribution in [0.3, 0.4) is 0 Å². The van der Waals surface area contributed by atoms with E-state index in [4.69, 9.17) is 19.8 Å². The maximum absolute atomic E-state index is 13.1. The van der Waals surface area contributed by atoms with Crippen molar-refractivity contribution in [2.24, 2.45) is 0 Å². The highest BCUT2D eigenvalue weighted by atomic mass is 19.1. The standard InChI is InChI=1S/C15H10FNO4/c1-20-11-3-4-12(15(18)19)14(7-11)21-13-5-2-10(16)6-9(13)8-17/h2-7H,1H3,(H,18,19). The molecule has 0 heterocycles. The van der Waals surface area contributed by atoms with Crippen LogP contribution in [0.1, 0.15) is 15.9 Å². The summed E-state index contributed by atoms with van der Waals surface area (Å²) in [5, 5.41) is 18.1. The Morgan fingerprint density at radius 1 is 1.24 bits per heavy atom. The molecule has 2 rings (SSSR count). The van der Waals surface area contributed by atoms with Crippen molar-refractivity contribution in [3.05, 3.63) is 53.3 Å². The summed E-state index contributed by atoms with van der Waals surface area (Å²) in [6, 6.07) is 9.37. The fourth-order valence-electron chi connectivity index (χ4n) is 1.69. The highest BCUT2D eigenvalue weighted by molar-refractivity contribution is 5.91. The number of nitriles is 1. The molecule has 21 heavy (non-hydrogen) atoms. The molecule has 6 heteroatoms. The summed E-state index contributed by atoms with van der Waals surface area (Å²) in [7, 11) is 1.43. The minimum absolute atomic E-state index is 0.00459. The summed E-state index contributed by atoms with van der Waals surface area (Å²) in [5.74, 6) is -1.30. The highest BCUT2D eigenvalue weighted by Crippen LogP contribution is 2.31. The number of aromatic carboxylic acids is 1. The van der Waals surface area contributed by atoms with Gasteiger partial charge in [0.15, 0.2) is 0 Å². The molecule has 0 aliphatic carbocycles. The normalized spacial score (nSPS) is 9.76. The van der Waals surface area contributed by atoms with Crippen LogP contribution in [0, 0.1) is 17.1 Å². The van der Waals surface area contributed by atoms with Crippen molar-refractivity contribution in [2.45, 2.75) is 0 Å². The maximum atomic E-state index is 13.1. The number of halogens is 1. The van der Waals surface area contributed by atoms with E-state index in [9.17, 15) is 9.18 Å². The monoisotopic (exact) mass is 287 g/mol. The van der Waals surface area contributed by atoms with Gasteiger partial charge in [0.25, 0.3) is 0 Å². The van der Waals surface area contributed by atoms with Crippen molar-refractivity contribution >= 4 is 5.97 Å². The van der Waals surface area contributed by atoms with E-state index >= 15 is 0 Å². The van der Waals surface area contributed by atoms with Crippen molar-refractivity contribution in [3.63, 3.8) is 0 Å². The number of hydrogen-bond acceptors (Lipinski definition) is 4. The molecule has 2 aromatic carbocycles. The number of ether oxygens (including phenoxy) is 2. The zero-order valence-corrected chi connectivity index (χ0v) is 11.0. The number of benzene rings is 2. The van der Waals surface area contributed by atoms with Gasteiger partial charge in [0, 0.05) is 6.07 Å². The Morgan fingerprint density at radius 3 is 2.62 bits per heavy atom. The van der Waals surface area contributed by atoms with Gasteiger partial charge in [-0.2, -0.15) is 5.26 Å². The third kappa shape index (κ3) is 3.09. The predicted octanol–water partition coefficient (Wildman–Crippen LogP) is 3.20. The van der Waals surface area contributed by atoms with Gasteiger partial charge in [-0.1, -0.05) is 0 Å². The van der Waals surface area contributed by atoms with E-state index in [1.54, 1.807) is 6.07 Å². The van der Waals surface area contributed by atoms with Crippen LogP contribution in [-0.2, 0) is 0 Å². The first kappa shape index (κ1) is 14.3. The summed E-state index contributed by atoms with van der Waals surface area (Å²) in [4.78, 5) is 11.2. The second-order valence-corrected chi connectivity index (χ2v) is 4.02. The van der Waals surface area contributed by atoms with Crippen LogP contribution in [0.15, 0.2) is 36.4 Å². The average molecular weight is 287 g/mol. The molecule has 0 aliphatic rings. The van der Waals surface area contributed by atoms with Crippen LogP contribution in [0.2, 0.25) is 0 Å². The quantitative estimate of drug-likeness (QED) is 0.934. The number of carbonyl (C=O) groups is 1. The predicted molar refractivity (Wildman–Crippen MR) is 71.1 cm³/mol. The van der Waals surface area contributed by atoms with Gasteiger partial charge in [-0.05, 0) is 30.3 Å². The number of nitrogens with zero attached hydrogens (tertiary/aromatic N) is 1. The summed E-state index contributed by atoms with van der Waals surface area (Å²) >= 11 is 0. The van der Waals surface area contributed by atoms with Crippen LogP contribution in [-0.4, -0.2) is 18.2 Å². The molecule has 0 radical (unpaired) electrons. The van der Waals surface area contributed by atoms with Gasteiger partial charge < -0.3 is 14.6 Å². The zero-order chi connectivity index (χ0) is 15.4. The van der Waals surface area contributed by atoms with Crippen LogP contribution < -0.4 is 9.47 Å². The van der Waals surface area contributed by atoms with E-state index in [2.05, 4.69) is 0 Å². The minimum atomic E-state index is -1.19. The van der Waals surface area contributed by atoms with Gasteiger partial charge in [0.05, 0.1) is 12.7 Å². The van der Waals surface area contributed by atoms with Crippen LogP contribution in [0.5, 0.6) is 17.2 Å². The number of methoxy groups -OCH3 is 1. The Balaban J connectivity index is 2.48. The zero-order valence-electron chi connectivity index (χ0n) is 11.0. The topological polar surface area (TPSA) is 79.6 Å². The lowest BCUT2D eigenvalue weighted by Crippen LogP contribution is -2.01. The molecule has 0 spiro atoms. The molecule has 0 unspecified atom stereocenters. The smallest absolute Gasteiger partial charge is 0.339 e. The Bertz CT molecular complexity index is 737. The maximum Gasteiger partial charge on any atom is 0.339 e. The molecule has 0 saturated heterocycles. The molecule has 0 fully saturated rings. The number of rotatable bonds is 4. The Labute approximate surface area is 119 Å². The van der Waals surface area contributed by atoms with E-state index in [1.165, 1.54) is 31.4 Å². The van der Waals surface area contributed by atoms with E-state index in [0.717, 1.165) is 12.1 Å². The molecule has 0 aliphatic heterocycles. The Kier molecular flexibility index (Phi) is 4.05. The lowest BCUT2D eigenvalue weighted by atomic mass is 10.1. The van der Waals surface area contributed by atoms with Crippen molar-refractivity contribution in [3.8, 4) is 23.3 Å². The number of hydrogen-bond donors (Lipinski definition) is 1. The van der Waals surface area contributed by atoms with Crippen LogP contribution in [0.4, 0.5) is 4.39 Å². The van der Waals surface area contributed by atoms with Gasteiger partial charge in [0.1, 0.15) is 34.7 Å². The van der Waals surface area contributed by atoms with Gasteiger partial charge >= 0.3 is 5.97 Å². The Hall–Kier alpha value is -3.07. The van der Waals surface area contributed by atoms with Gasteiger partial charge in [-0.25, -0.2) is 9.18 Å². The summed E-state index contributed by atoms with van der Waals surface area (Å²) in [6.07, 6.45) is 0. The number of carboxylic acids is 1. The third-order valence-corrected chi connectivity index (χ3v) is 2.70.